The fourth-order valence-corrected chi connectivity index (χ4v) is 4.23. The molecule has 1 aromatic carbocycles. The van der Waals surface area contributed by atoms with Crippen molar-refractivity contribution in [3.05, 3.63) is 29.0 Å². The van der Waals surface area contributed by atoms with Crippen LogP contribution >= 0.6 is 0 Å². The summed E-state index contributed by atoms with van der Waals surface area (Å²) in [5.41, 5.74) is 1.71. The number of allylic oxidation sites excluding steroid dienone is 1. The average molecular weight is 429 g/mol. The summed E-state index contributed by atoms with van der Waals surface area (Å²) in [4.78, 5) is 13.4. The molecule has 31 heavy (non-hydrogen) atoms. The average Bonchev–Trinajstić information content (AvgIpc) is 3.25. The van der Waals surface area contributed by atoms with Gasteiger partial charge in [-0.05, 0) is 49.1 Å². The Morgan fingerprint density at radius 1 is 1.03 bits per heavy atom. The van der Waals surface area contributed by atoms with Crippen LogP contribution in [0.3, 0.4) is 0 Å². The Kier molecular flexibility index (Phi) is 5.97. The molecule has 1 N–H and O–H groups in total. The normalized spacial score (nSPS) is 18.8. The summed E-state index contributed by atoms with van der Waals surface area (Å²) < 4.78 is 24.0. The molecule has 1 saturated carbocycles. The molecule has 166 valence electrons. The summed E-state index contributed by atoms with van der Waals surface area (Å²) in [6, 6.07) is 2.84. The van der Waals surface area contributed by atoms with Crippen molar-refractivity contribution in [2.24, 2.45) is 0 Å². The van der Waals surface area contributed by atoms with Crippen LogP contribution in [0, 0.1) is 0 Å². The third kappa shape index (κ3) is 3.89. The molecule has 1 atom stereocenters. The van der Waals surface area contributed by atoms with E-state index in [2.05, 4.69) is 20.8 Å². The first kappa shape index (κ1) is 21.0. The number of ether oxygens (including phenoxy) is 4. The maximum absolute atomic E-state index is 13.4. The van der Waals surface area contributed by atoms with Crippen LogP contribution in [0.4, 0.5) is 5.95 Å². The van der Waals surface area contributed by atoms with Crippen LogP contribution in [0.15, 0.2) is 23.4 Å². The molecule has 0 bridgehead atoms. The topological polar surface area (TPSA) is 110 Å². The quantitative estimate of drug-likeness (QED) is 0.693. The van der Waals surface area contributed by atoms with Gasteiger partial charge in [0, 0.05) is 17.3 Å². The number of rotatable bonds is 6. The summed E-state index contributed by atoms with van der Waals surface area (Å²) in [7, 11) is 4.67. The van der Waals surface area contributed by atoms with Crippen molar-refractivity contribution in [3.63, 3.8) is 0 Å². The lowest BCUT2D eigenvalue weighted by atomic mass is 9.93. The lowest BCUT2D eigenvalue weighted by molar-refractivity contribution is -0.146. The molecular weight excluding hydrogens is 402 g/mol. The summed E-state index contributed by atoms with van der Waals surface area (Å²) in [6.45, 7) is 1.82. The Morgan fingerprint density at radius 3 is 2.39 bits per heavy atom. The van der Waals surface area contributed by atoms with E-state index >= 15 is 0 Å². The Balaban J connectivity index is 1.80. The first-order chi connectivity index (χ1) is 15.1. The summed E-state index contributed by atoms with van der Waals surface area (Å²) in [6.07, 6.45) is 5.00. The number of esters is 1. The van der Waals surface area contributed by atoms with Gasteiger partial charge in [0.05, 0.1) is 26.9 Å². The number of carbonyl (C=O) groups excluding carboxylic acids is 1. The smallest absolute Gasteiger partial charge is 0.338 e. The Hall–Kier alpha value is -3.30. The molecule has 10 heteroatoms. The fraction of sp³-hybridized carbons (Fsp3) is 0.524. The molecule has 2 aromatic rings. The predicted molar refractivity (Wildman–Crippen MR) is 111 cm³/mol. The molecule has 1 fully saturated rings. The van der Waals surface area contributed by atoms with Gasteiger partial charge in [0.2, 0.25) is 5.95 Å². The minimum atomic E-state index is -0.655. The molecular formula is C21H27N5O5. The molecule has 1 aromatic heterocycles. The Labute approximate surface area is 180 Å². The number of nitrogens with zero attached hydrogens (tertiary/aromatic N) is 4. The van der Waals surface area contributed by atoms with Crippen LogP contribution in [-0.2, 0) is 9.53 Å². The minimum Gasteiger partial charge on any atom is -0.496 e. The molecule has 2 heterocycles. The van der Waals surface area contributed by atoms with Crippen LogP contribution in [0.1, 0.15) is 50.6 Å². The second-order valence-corrected chi connectivity index (χ2v) is 7.63. The van der Waals surface area contributed by atoms with E-state index in [1.165, 1.54) is 6.42 Å². The number of tetrazole rings is 1. The zero-order valence-corrected chi connectivity index (χ0v) is 18.2. The summed E-state index contributed by atoms with van der Waals surface area (Å²) >= 11 is 0. The Morgan fingerprint density at radius 2 is 1.71 bits per heavy atom. The molecule has 0 radical (unpaired) electrons. The molecule has 1 aliphatic carbocycles. The van der Waals surface area contributed by atoms with E-state index in [1.54, 1.807) is 38.1 Å². The van der Waals surface area contributed by atoms with Crippen molar-refractivity contribution in [3.8, 4) is 17.2 Å². The zero-order chi connectivity index (χ0) is 22.0. The van der Waals surface area contributed by atoms with Gasteiger partial charge >= 0.3 is 5.97 Å². The summed E-state index contributed by atoms with van der Waals surface area (Å²) in [5.74, 6) is 1.57. The molecule has 2 aliphatic rings. The SMILES string of the molecule is COc1cc(OC)c([C@@H]2C(C(=O)OC3CCCCC3)=C(C)Nc3nnnn32)cc1OC. The lowest BCUT2D eigenvalue weighted by Crippen LogP contribution is -2.32. The molecule has 0 spiro atoms. The monoisotopic (exact) mass is 429 g/mol. The number of carbonyl (C=O) groups is 1. The van der Waals surface area contributed by atoms with Gasteiger partial charge in [-0.1, -0.05) is 11.5 Å². The van der Waals surface area contributed by atoms with E-state index in [-0.39, 0.29) is 12.1 Å². The minimum absolute atomic E-state index is 0.0789. The highest BCUT2D eigenvalue weighted by Gasteiger charge is 2.38. The van der Waals surface area contributed by atoms with E-state index in [4.69, 9.17) is 18.9 Å². The van der Waals surface area contributed by atoms with Crippen molar-refractivity contribution in [1.82, 2.24) is 20.2 Å². The van der Waals surface area contributed by atoms with Gasteiger partial charge in [-0.25, -0.2) is 4.79 Å². The number of methoxy groups -OCH3 is 3. The second kappa shape index (κ2) is 8.83. The third-order valence-electron chi connectivity index (χ3n) is 5.79. The fourth-order valence-electron chi connectivity index (χ4n) is 4.23. The largest absolute Gasteiger partial charge is 0.496 e. The van der Waals surface area contributed by atoms with Crippen LogP contribution in [0.2, 0.25) is 0 Å². The van der Waals surface area contributed by atoms with Crippen LogP contribution in [-0.4, -0.2) is 53.6 Å². The third-order valence-corrected chi connectivity index (χ3v) is 5.79. The van der Waals surface area contributed by atoms with Crippen LogP contribution in [0.5, 0.6) is 17.2 Å². The first-order valence-electron chi connectivity index (χ1n) is 10.3. The molecule has 0 saturated heterocycles. The van der Waals surface area contributed by atoms with E-state index in [9.17, 15) is 4.79 Å². The molecule has 0 unspecified atom stereocenters. The molecule has 0 amide bonds. The van der Waals surface area contributed by atoms with Gasteiger partial charge in [-0.2, -0.15) is 4.68 Å². The maximum atomic E-state index is 13.4. The number of aromatic nitrogens is 4. The number of hydrogen-bond acceptors (Lipinski definition) is 9. The Bertz CT molecular complexity index is 996. The highest BCUT2D eigenvalue weighted by atomic mass is 16.5. The van der Waals surface area contributed by atoms with Gasteiger partial charge in [0.25, 0.3) is 0 Å². The number of fused-ring (bicyclic) bond motifs is 1. The van der Waals surface area contributed by atoms with Gasteiger partial charge in [-0.3, -0.25) is 0 Å². The highest BCUT2D eigenvalue weighted by molar-refractivity contribution is 5.92. The highest BCUT2D eigenvalue weighted by Crippen LogP contribution is 2.44. The number of nitrogens with one attached hydrogen (secondary N) is 1. The van der Waals surface area contributed by atoms with E-state index < -0.39 is 6.04 Å². The standard InChI is InChI=1S/C21H27N5O5/c1-12-18(20(27)31-13-8-6-5-7-9-13)19(26-21(22-12)23-24-25-26)14-10-16(29-3)17(30-4)11-15(14)28-2/h10-11,13,19H,5-9H2,1-4H3,(H,22,23,25)/t19-/m1/s1. The van der Waals surface area contributed by atoms with Gasteiger partial charge in [0.1, 0.15) is 17.9 Å². The number of hydrogen-bond donors (Lipinski definition) is 1. The zero-order valence-electron chi connectivity index (χ0n) is 18.2. The predicted octanol–water partition coefficient (Wildman–Crippen LogP) is 2.86. The van der Waals surface area contributed by atoms with Crippen molar-refractivity contribution in [2.75, 3.05) is 26.6 Å². The number of benzene rings is 1. The van der Waals surface area contributed by atoms with Gasteiger partial charge in [0.15, 0.2) is 11.5 Å². The van der Waals surface area contributed by atoms with Crippen molar-refractivity contribution < 1.29 is 23.7 Å². The molecule has 10 nitrogen and oxygen atoms in total. The molecule has 4 rings (SSSR count). The number of anilines is 1. The van der Waals surface area contributed by atoms with Gasteiger partial charge < -0.3 is 24.3 Å². The van der Waals surface area contributed by atoms with Gasteiger partial charge in [-0.15, -0.1) is 0 Å². The summed E-state index contributed by atoms with van der Waals surface area (Å²) in [5, 5.41) is 15.0. The van der Waals surface area contributed by atoms with E-state index in [1.807, 2.05) is 6.92 Å². The van der Waals surface area contributed by atoms with Crippen LogP contribution in [0.25, 0.3) is 0 Å². The molecule has 1 aliphatic heterocycles. The second-order valence-electron chi connectivity index (χ2n) is 7.63. The van der Waals surface area contributed by atoms with E-state index in [0.717, 1.165) is 25.7 Å². The maximum Gasteiger partial charge on any atom is 0.338 e. The lowest BCUT2D eigenvalue weighted by Gasteiger charge is -2.30. The van der Waals surface area contributed by atoms with Crippen molar-refractivity contribution in [1.29, 1.82) is 0 Å². The van der Waals surface area contributed by atoms with E-state index in [0.29, 0.717) is 40.0 Å². The first-order valence-corrected chi connectivity index (χ1v) is 10.3. The van der Waals surface area contributed by atoms with Crippen LogP contribution < -0.4 is 19.5 Å². The van der Waals surface area contributed by atoms with Crippen molar-refractivity contribution in [2.45, 2.75) is 51.2 Å². The van der Waals surface area contributed by atoms with Crippen molar-refractivity contribution >= 4 is 11.9 Å².